The van der Waals surface area contributed by atoms with E-state index in [-0.39, 0.29) is 0 Å². The topological polar surface area (TPSA) is 12.0 Å². The Kier molecular flexibility index (Phi) is 5.38. The van der Waals surface area contributed by atoms with E-state index in [1.54, 1.807) is 0 Å². The van der Waals surface area contributed by atoms with E-state index in [0.29, 0.717) is 6.04 Å². The normalized spacial score (nSPS) is 12.4. The number of rotatable bonds is 5. The van der Waals surface area contributed by atoms with Gasteiger partial charge in [0, 0.05) is 10.5 Å². The first-order valence-corrected chi connectivity index (χ1v) is 7.95. The Morgan fingerprint density at radius 2 is 1.70 bits per heavy atom. The van der Waals surface area contributed by atoms with Crippen molar-refractivity contribution in [2.45, 2.75) is 33.2 Å². The summed E-state index contributed by atoms with van der Waals surface area (Å²) in [7, 11) is 0. The average Bonchev–Trinajstić information content (AvgIpc) is 2.44. The van der Waals surface area contributed by atoms with Crippen LogP contribution in [0.1, 0.15) is 35.2 Å². The summed E-state index contributed by atoms with van der Waals surface area (Å²) in [4.78, 5) is 0. The third kappa shape index (κ3) is 3.50. The summed E-state index contributed by atoms with van der Waals surface area (Å²) in [6.07, 6.45) is 1.02. The van der Waals surface area contributed by atoms with Crippen LogP contribution in [0.15, 0.2) is 46.9 Å². The minimum absolute atomic E-state index is 0.343. The van der Waals surface area contributed by atoms with Gasteiger partial charge in [0.1, 0.15) is 0 Å². The average molecular weight is 332 g/mol. The highest BCUT2D eigenvalue weighted by molar-refractivity contribution is 9.10. The van der Waals surface area contributed by atoms with E-state index >= 15 is 0 Å². The molecule has 0 heterocycles. The standard InChI is InChI=1S/C18H22BrN/c1-4-20-17(12-15-10-6-5-8-13(15)2)16-11-7-9-14(3)18(16)19/h5-11,17,20H,4,12H2,1-3H3. The van der Waals surface area contributed by atoms with Crippen molar-refractivity contribution >= 4 is 15.9 Å². The number of hydrogen-bond acceptors (Lipinski definition) is 1. The van der Waals surface area contributed by atoms with Crippen molar-refractivity contribution in [1.82, 2.24) is 5.32 Å². The molecule has 0 spiro atoms. The van der Waals surface area contributed by atoms with Gasteiger partial charge in [-0.2, -0.15) is 0 Å². The van der Waals surface area contributed by atoms with Gasteiger partial charge in [-0.05, 0) is 49.1 Å². The summed E-state index contributed by atoms with van der Waals surface area (Å²) < 4.78 is 1.22. The zero-order valence-corrected chi connectivity index (χ0v) is 14.0. The fourth-order valence-electron chi connectivity index (χ4n) is 2.54. The van der Waals surface area contributed by atoms with Gasteiger partial charge >= 0.3 is 0 Å². The van der Waals surface area contributed by atoms with Gasteiger partial charge in [0.2, 0.25) is 0 Å². The molecule has 2 heteroatoms. The first kappa shape index (κ1) is 15.3. The molecule has 0 radical (unpaired) electrons. The predicted molar refractivity (Wildman–Crippen MR) is 90.2 cm³/mol. The summed E-state index contributed by atoms with van der Waals surface area (Å²) in [6.45, 7) is 7.46. The number of nitrogens with one attached hydrogen (secondary N) is 1. The smallest absolute Gasteiger partial charge is 0.0372 e. The second-order valence-corrected chi connectivity index (χ2v) is 6.01. The van der Waals surface area contributed by atoms with Gasteiger partial charge in [-0.25, -0.2) is 0 Å². The van der Waals surface area contributed by atoms with Gasteiger partial charge in [0.15, 0.2) is 0 Å². The van der Waals surface area contributed by atoms with Gasteiger partial charge in [-0.15, -0.1) is 0 Å². The molecule has 1 nitrogen and oxygen atoms in total. The minimum Gasteiger partial charge on any atom is -0.310 e. The van der Waals surface area contributed by atoms with Crippen molar-refractivity contribution in [2.24, 2.45) is 0 Å². The number of aryl methyl sites for hydroxylation is 2. The third-order valence-electron chi connectivity index (χ3n) is 3.73. The summed E-state index contributed by atoms with van der Waals surface area (Å²) in [5.74, 6) is 0. The van der Waals surface area contributed by atoms with E-state index < -0.39 is 0 Å². The van der Waals surface area contributed by atoms with E-state index in [1.165, 1.54) is 26.7 Å². The lowest BCUT2D eigenvalue weighted by atomic mass is 9.95. The molecule has 106 valence electrons. The van der Waals surface area contributed by atoms with Crippen molar-refractivity contribution in [1.29, 1.82) is 0 Å². The third-order valence-corrected chi connectivity index (χ3v) is 4.82. The van der Waals surface area contributed by atoms with Crippen LogP contribution in [-0.4, -0.2) is 6.54 Å². The zero-order valence-electron chi connectivity index (χ0n) is 12.4. The quantitative estimate of drug-likeness (QED) is 0.816. The van der Waals surface area contributed by atoms with Gasteiger partial charge in [-0.3, -0.25) is 0 Å². The summed E-state index contributed by atoms with van der Waals surface area (Å²) in [5, 5.41) is 3.61. The molecular weight excluding hydrogens is 310 g/mol. The molecule has 0 aliphatic heterocycles. The molecule has 2 aromatic carbocycles. The Morgan fingerprint density at radius 3 is 2.40 bits per heavy atom. The maximum absolute atomic E-state index is 3.74. The molecule has 1 N–H and O–H groups in total. The summed E-state index contributed by atoms with van der Waals surface area (Å²) in [5.41, 5.74) is 5.40. The highest BCUT2D eigenvalue weighted by Crippen LogP contribution is 2.29. The molecule has 0 aliphatic rings. The Hall–Kier alpha value is -1.12. The van der Waals surface area contributed by atoms with E-state index in [2.05, 4.69) is 84.5 Å². The van der Waals surface area contributed by atoms with Crippen molar-refractivity contribution < 1.29 is 0 Å². The van der Waals surface area contributed by atoms with Crippen LogP contribution in [0.25, 0.3) is 0 Å². The van der Waals surface area contributed by atoms with E-state index in [9.17, 15) is 0 Å². The molecule has 0 fully saturated rings. The molecule has 0 bridgehead atoms. The number of halogens is 1. The maximum Gasteiger partial charge on any atom is 0.0372 e. The van der Waals surface area contributed by atoms with E-state index in [0.717, 1.165) is 13.0 Å². The molecular formula is C18H22BrN. The van der Waals surface area contributed by atoms with Gasteiger partial charge in [0.05, 0.1) is 0 Å². The second-order valence-electron chi connectivity index (χ2n) is 5.22. The molecule has 1 unspecified atom stereocenters. The van der Waals surface area contributed by atoms with Crippen LogP contribution in [0.3, 0.4) is 0 Å². The van der Waals surface area contributed by atoms with Crippen molar-refractivity contribution in [2.75, 3.05) is 6.54 Å². The zero-order chi connectivity index (χ0) is 14.5. The van der Waals surface area contributed by atoms with Crippen LogP contribution in [0, 0.1) is 13.8 Å². The number of benzene rings is 2. The second kappa shape index (κ2) is 7.05. The Morgan fingerprint density at radius 1 is 1.00 bits per heavy atom. The highest BCUT2D eigenvalue weighted by atomic mass is 79.9. The lowest BCUT2D eigenvalue weighted by Gasteiger charge is -2.21. The largest absolute Gasteiger partial charge is 0.310 e. The van der Waals surface area contributed by atoms with Crippen molar-refractivity contribution in [3.63, 3.8) is 0 Å². The molecule has 0 amide bonds. The fraction of sp³-hybridized carbons (Fsp3) is 0.333. The first-order valence-electron chi connectivity index (χ1n) is 7.16. The molecule has 0 saturated carbocycles. The van der Waals surface area contributed by atoms with Crippen LogP contribution in [-0.2, 0) is 6.42 Å². The van der Waals surface area contributed by atoms with Gasteiger partial charge < -0.3 is 5.32 Å². The lowest BCUT2D eigenvalue weighted by Crippen LogP contribution is -2.23. The molecule has 20 heavy (non-hydrogen) atoms. The Balaban J connectivity index is 2.32. The Bertz CT molecular complexity index is 577. The Labute approximate surface area is 130 Å². The van der Waals surface area contributed by atoms with Crippen LogP contribution in [0.4, 0.5) is 0 Å². The van der Waals surface area contributed by atoms with Crippen LogP contribution in [0.2, 0.25) is 0 Å². The highest BCUT2D eigenvalue weighted by Gasteiger charge is 2.15. The number of hydrogen-bond donors (Lipinski definition) is 1. The van der Waals surface area contributed by atoms with Gasteiger partial charge in [0.25, 0.3) is 0 Å². The predicted octanol–water partition coefficient (Wildman–Crippen LogP) is 4.96. The van der Waals surface area contributed by atoms with Gasteiger partial charge in [-0.1, -0.05) is 65.3 Å². The van der Waals surface area contributed by atoms with Crippen molar-refractivity contribution in [3.05, 3.63) is 69.2 Å². The monoisotopic (exact) mass is 331 g/mol. The SMILES string of the molecule is CCNC(Cc1ccccc1C)c1cccc(C)c1Br. The van der Waals surface area contributed by atoms with E-state index in [1.807, 2.05) is 0 Å². The molecule has 2 rings (SSSR count). The van der Waals surface area contributed by atoms with Crippen LogP contribution < -0.4 is 5.32 Å². The van der Waals surface area contributed by atoms with Crippen LogP contribution >= 0.6 is 15.9 Å². The van der Waals surface area contributed by atoms with E-state index in [4.69, 9.17) is 0 Å². The maximum atomic E-state index is 3.74. The molecule has 0 aromatic heterocycles. The molecule has 1 atom stereocenters. The lowest BCUT2D eigenvalue weighted by molar-refractivity contribution is 0.546. The molecule has 2 aromatic rings. The van der Waals surface area contributed by atoms with Crippen LogP contribution in [0.5, 0.6) is 0 Å². The fourth-order valence-corrected chi connectivity index (χ4v) is 3.08. The summed E-state index contributed by atoms with van der Waals surface area (Å²) in [6, 6.07) is 15.5. The minimum atomic E-state index is 0.343. The molecule has 0 aliphatic carbocycles. The molecule has 0 saturated heterocycles. The first-order chi connectivity index (χ1) is 9.63. The number of likely N-dealkylation sites (N-methyl/N-ethyl adjacent to an activating group) is 1. The van der Waals surface area contributed by atoms with Crippen molar-refractivity contribution in [3.8, 4) is 0 Å². The summed E-state index contributed by atoms with van der Waals surface area (Å²) >= 11 is 3.74.